The van der Waals surface area contributed by atoms with Gasteiger partial charge in [0.2, 0.25) is 5.89 Å². The maximum atomic E-state index is 12.5. The summed E-state index contributed by atoms with van der Waals surface area (Å²) in [4.78, 5) is 28.1. The van der Waals surface area contributed by atoms with Crippen LogP contribution in [-0.2, 0) is 16.1 Å². The molecule has 6 nitrogen and oxygen atoms in total. The molecular weight excluding hydrogens is 376 g/mol. The molecule has 3 aromatic rings. The molecule has 0 amide bonds. The first-order chi connectivity index (χ1) is 11.5. The lowest BCUT2D eigenvalue weighted by molar-refractivity contribution is -0.140. The van der Waals surface area contributed by atoms with Gasteiger partial charge < -0.3 is 13.7 Å². The summed E-state index contributed by atoms with van der Waals surface area (Å²) in [6, 6.07) is 7.38. The molecule has 0 aliphatic rings. The van der Waals surface area contributed by atoms with Crippen LogP contribution in [0.1, 0.15) is 12.0 Å². The van der Waals surface area contributed by atoms with Crippen LogP contribution in [0.2, 0.25) is 0 Å². The van der Waals surface area contributed by atoms with Gasteiger partial charge in [-0.3, -0.25) is 9.59 Å². The van der Waals surface area contributed by atoms with Gasteiger partial charge in [0.05, 0.1) is 13.5 Å². The highest BCUT2D eigenvalue weighted by molar-refractivity contribution is 9.10. The van der Waals surface area contributed by atoms with E-state index < -0.39 is 0 Å². The molecule has 2 heterocycles. The second kappa shape index (κ2) is 6.60. The zero-order chi connectivity index (χ0) is 17.3. The number of carbonyl (C=O) groups is 1. The third-order valence-corrected chi connectivity index (χ3v) is 4.66. The van der Waals surface area contributed by atoms with Crippen molar-refractivity contribution in [2.75, 3.05) is 7.11 Å². The fraction of sp³-hybridized carbons (Fsp3) is 0.235. The summed E-state index contributed by atoms with van der Waals surface area (Å²) in [6.07, 6.45) is 1.72. The van der Waals surface area contributed by atoms with Crippen LogP contribution in [0.25, 0.3) is 22.6 Å². The number of ether oxygens (including phenoxy) is 1. The van der Waals surface area contributed by atoms with Gasteiger partial charge in [-0.1, -0.05) is 22.0 Å². The summed E-state index contributed by atoms with van der Waals surface area (Å²) in [5.41, 5.74) is 2.18. The number of rotatable bonds is 4. The van der Waals surface area contributed by atoms with Gasteiger partial charge in [0.15, 0.2) is 11.1 Å². The standard InChI is InChI=1S/C17H15BrN2O4/c1-10-11(4-3-5-12(10)18)16-19-15-13(24-16)6-8-20(17(15)22)9-7-14(21)23-2/h3-6,8H,7,9H2,1-2H3. The van der Waals surface area contributed by atoms with Crippen LogP contribution in [0, 0.1) is 6.92 Å². The molecule has 0 radical (unpaired) electrons. The molecule has 0 saturated carbocycles. The van der Waals surface area contributed by atoms with Crippen LogP contribution in [0.5, 0.6) is 0 Å². The Morgan fingerprint density at radius 3 is 2.92 bits per heavy atom. The Morgan fingerprint density at radius 2 is 2.17 bits per heavy atom. The largest absolute Gasteiger partial charge is 0.469 e. The van der Waals surface area contributed by atoms with Gasteiger partial charge in [-0.05, 0) is 30.7 Å². The third-order valence-electron chi connectivity index (χ3n) is 3.81. The number of hydrogen-bond donors (Lipinski definition) is 0. The first-order valence-corrected chi connectivity index (χ1v) is 8.13. The van der Waals surface area contributed by atoms with Gasteiger partial charge >= 0.3 is 5.97 Å². The summed E-state index contributed by atoms with van der Waals surface area (Å²) in [5, 5.41) is 0. The van der Waals surface area contributed by atoms with Gasteiger partial charge in [-0.2, -0.15) is 0 Å². The zero-order valence-electron chi connectivity index (χ0n) is 13.2. The molecule has 0 atom stereocenters. The Labute approximate surface area is 146 Å². The van der Waals surface area contributed by atoms with Crippen LogP contribution in [-0.4, -0.2) is 22.6 Å². The van der Waals surface area contributed by atoms with Gasteiger partial charge in [0, 0.05) is 22.8 Å². The number of halogens is 1. The highest BCUT2D eigenvalue weighted by Crippen LogP contribution is 2.29. The number of pyridine rings is 1. The zero-order valence-corrected chi connectivity index (χ0v) is 14.8. The number of fused-ring (bicyclic) bond motifs is 1. The normalized spacial score (nSPS) is 11.0. The SMILES string of the molecule is COC(=O)CCn1ccc2oc(-c3cccc(Br)c3C)nc2c1=O. The summed E-state index contributed by atoms with van der Waals surface area (Å²) in [7, 11) is 1.32. The molecule has 0 fully saturated rings. The molecule has 0 unspecified atom stereocenters. The molecule has 124 valence electrons. The number of hydrogen-bond acceptors (Lipinski definition) is 5. The summed E-state index contributed by atoms with van der Waals surface area (Å²) < 4.78 is 12.7. The number of oxazole rings is 1. The molecule has 7 heteroatoms. The first-order valence-electron chi connectivity index (χ1n) is 7.33. The van der Waals surface area contributed by atoms with Gasteiger partial charge in [0.25, 0.3) is 5.56 Å². The number of aromatic nitrogens is 2. The summed E-state index contributed by atoms with van der Waals surface area (Å²) in [5.74, 6) is 0.0271. The number of nitrogens with zero attached hydrogens (tertiary/aromatic N) is 2. The lowest BCUT2D eigenvalue weighted by atomic mass is 10.1. The monoisotopic (exact) mass is 390 g/mol. The molecule has 0 saturated heterocycles. The Balaban J connectivity index is 2.03. The Hall–Kier alpha value is -2.41. The maximum Gasteiger partial charge on any atom is 0.307 e. The fourth-order valence-corrected chi connectivity index (χ4v) is 2.77. The average Bonchev–Trinajstić information content (AvgIpc) is 3.01. The van der Waals surface area contributed by atoms with Crippen molar-refractivity contribution >= 4 is 33.0 Å². The molecule has 0 aliphatic carbocycles. The lowest BCUT2D eigenvalue weighted by Crippen LogP contribution is -2.21. The molecule has 0 aliphatic heterocycles. The minimum absolute atomic E-state index is 0.122. The lowest BCUT2D eigenvalue weighted by Gasteiger charge is -2.03. The highest BCUT2D eigenvalue weighted by atomic mass is 79.9. The smallest absolute Gasteiger partial charge is 0.307 e. The molecule has 1 aromatic carbocycles. The van der Waals surface area contributed by atoms with Crippen LogP contribution in [0.3, 0.4) is 0 Å². The number of carbonyl (C=O) groups excluding carboxylic acids is 1. The number of methoxy groups -OCH3 is 1. The second-order valence-corrected chi connectivity index (χ2v) is 6.14. The van der Waals surface area contributed by atoms with E-state index in [9.17, 15) is 9.59 Å². The van der Waals surface area contributed by atoms with E-state index in [0.717, 1.165) is 15.6 Å². The Morgan fingerprint density at radius 1 is 1.38 bits per heavy atom. The van der Waals surface area contributed by atoms with Crippen LogP contribution < -0.4 is 5.56 Å². The van der Waals surface area contributed by atoms with Gasteiger partial charge in [-0.15, -0.1) is 0 Å². The van der Waals surface area contributed by atoms with Crippen molar-refractivity contribution in [3.63, 3.8) is 0 Å². The quantitative estimate of drug-likeness (QED) is 0.638. The molecule has 2 aromatic heterocycles. The molecule has 3 rings (SSSR count). The van der Waals surface area contributed by atoms with Crippen molar-refractivity contribution in [2.45, 2.75) is 19.9 Å². The minimum atomic E-state index is -0.368. The number of aryl methyl sites for hydroxylation is 1. The van der Waals surface area contributed by atoms with Crippen molar-refractivity contribution in [1.29, 1.82) is 0 Å². The van der Waals surface area contributed by atoms with Crippen molar-refractivity contribution < 1.29 is 13.9 Å². The van der Waals surface area contributed by atoms with Crippen molar-refractivity contribution in [1.82, 2.24) is 9.55 Å². The highest BCUT2D eigenvalue weighted by Gasteiger charge is 2.15. The van der Waals surface area contributed by atoms with Crippen molar-refractivity contribution in [2.24, 2.45) is 0 Å². The van der Waals surface area contributed by atoms with Crippen LogP contribution >= 0.6 is 15.9 Å². The molecule has 0 spiro atoms. The van der Waals surface area contributed by atoms with E-state index in [-0.39, 0.29) is 30.0 Å². The van der Waals surface area contributed by atoms with Crippen molar-refractivity contribution in [3.8, 4) is 11.5 Å². The fourth-order valence-electron chi connectivity index (χ4n) is 2.40. The predicted molar refractivity (Wildman–Crippen MR) is 92.8 cm³/mol. The van der Waals surface area contributed by atoms with Gasteiger partial charge in [-0.25, -0.2) is 4.98 Å². The first kappa shape index (κ1) is 16.4. The van der Waals surface area contributed by atoms with E-state index in [1.165, 1.54) is 11.7 Å². The molecule has 0 N–H and O–H groups in total. The van der Waals surface area contributed by atoms with Gasteiger partial charge in [0.1, 0.15) is 0 Å². The molecule has 0 bridgehead atoms. The van der Waals surface area contributed by atoms with E-state index in [2.05, 4.69) is 25.7 Å². The third kappa shape index (κ3) is 2.99. The van der Waals surface area contributed by atoms with Crippen LogP contribution in [0.15, 0.2) is 44.1 Å². The van der Waals surface area contributed by atoms with E-state index in [4.69, 9.17) is 4.42 Å². The molecule has 24 heavy (non-hydrogen) atoms. The maximum absolute atomic E-state index is 12.5. The average molecular weight is 391 g/mol. The minimum Gasteiger partial charge on any atom is -0.469 e. The number of esters is 1. The Bertz CT molecular complexity index is 974. The van der Waals surface area contributed by atoms with E-state index in [1.54, 1.807) is 12.3 Å². The number of benzene rings is 1. The van der Waals surface area contributed by atoms with Crippen LogP contribution in [0.4, 0.5) is 0 Å². The summed E-state index contributed by atoms with van der Waals surface area (Å²) >= 11 is 3.48. The Kier molecular flexibility index (Phi) is 4.53. The van der Waals surface area contributed by atoms with E-state index in [0.29, 0.717) is 11.5 Å². The predicted octanol–water partition coefficient (Wildman–Crippen LogP) is 3.29. The van der Waals surface area contributed by atoms with E-state index in [1.807, 2.05) is 25.1 Å². The van der Waals surface area contributed by atoms with Crippen molar-refractivity contribution in [3.05, 3.63) is 50.9 Å². The topological polar surface area (TPSA) is 74.3 Å². The second-order valence-electron chi connectivity index (χ2n) is 5.28. The molecular formula is C17H15BrN2O4. The summed E-state index contributed by atoms with van der Waals surface area (Å²) in [6.45, 7) is 2.18. The van der Waals surface area contributed by atoms with E-state index >= 15 is 0 Å².